The smallest absolute Gasteiger partial charge is 0.223 e. The molecule has 0 aliphatic heterocycles. The summed E-state index contributed by atoms with van der Waals surface area (Å²) in [5, 5.41) is 5.20. The van der Waals surface area contributed by atoms with Crippen LogP contribution in [0.1, 0.15) is 37.1 Å². The Morgan fingerprint density at radius 2 is 2.19 bits per heavy atom. The molecule has 1 aromatic rings. The van der Waals surface area contributed by atoms with Crippen LogP contribution in [0.4, 0.5) is 0 Å². The number of nitrogens with one attached hydrogen (secondary N) is 1. The van der Waals surface area contributed by atoms with E-state index in [4.69, 9.17) is 0 Å². The van der Waals surface area contributed by atoms with Crippen molar-refractivity contribution in [2.24, 2.45) is 17.8 Å². The van der Waals surface area contributed by atoms with Crippen molar-refractivity contribution in [2.75, 3.05) is 0 Å². The zero-order valence-electron chi connectivity index (χ0n) is 9.48. The first-order chi connectivity index (χ1) is 7.74. The van der Waals surface area contributed by atoms with Gasteiger partial charge in [0.15, 0.2) is 0 Å². The topological polar surface area (TPSA) is 29.1 Å². The number of amides is 1. The SMILES string of the molecule is C[C@@H](NC(=O)C1CC2CC2C1)c1cccs1. The molecule has 0 saturated heterocycles. The van der Waals surface area contributed by atoms with Crippen LogP contribution < -0.4 is 5.32 Å². The molecule has 1 N–H and O–H groups in total. The lowest BCUT2D eigenvalue weighted by Crippen LogP contribution is -2.31. The Labute approximate surface area is 100 Å². The Balaban J connectivity index is 1.56. The predicted molar refractivity (Wildman–Crippen MR) is 65.2 cm³/mol. The van der Waals surface area contributed by atoms with E-state index in [2.05, 4.69) is 23.7 Å². The fraction of sp³-hybridized carbons (Fsp3) is 0.615. The van der Waals surface area contributed by atoms with E-state index in [-0.39, 0.29) is 11.9 Å². The Morgan fingerprint density at radius 3 is 2.81 bits per heavy atom. The van der Waals surface area contributed by atoms with Gasteiger partial charge in [-0.15, -0.1) is 11.3 Å². The molecule has 2 aliphatic rings. The summed E-state index contributed by atoms with van der Waals surface area (Å²) in [4.78, 5) is 13.3. The summed E-state index contributed by atoms with van der Waals surface area (Å²) in [6, 6.07) is 4.29. The first-order valence-electron chi connectivity index (χ1n) is 6.08. The van der Waals surface area contributed by atoms with Gasteiger partial charge in [-0.2, -0.15) is 0 Å². The number of carbonyl (C=O) groups excluding carboxylic acids is 1. The third-order valence-electron chi connectivity index (χ3n) is 3.94. The molecule has 2 unspecified atom stereocenters. The summed E-state index contributed by atoms with van der Waals surface area (Å²) in [6.45, 7) is 2.07. The molecular weight excluding hydrogens is 218 g/mol. The lowest BCUT2D eigenvalue weighted by Gasteiger charge is -2.16. The van der Waals surface area contributed by atoms with Crippen molar-refractivity contribution in [2.45, 2.75) is 32.2 Å². The lowest BCUT2D eigenvalue weighted by molar-refractivity contribution is -0.125. The number of hydrogen-bond acceptors (Lipinski definition) is 2. The highest BCUT2D eigenvalue weighted by Crippen LogP contribution is 2.54. The molecule has 1 amide bonds. The van der Waals surface area contributed by atoms with Crippen molar-refractivity contribution < 1.29 is 4.79 Å². The van der Waals surface area contributed by atoms with Crippen molar-refractivity contribution in [1.82, 2.24) is 5.32 Å². The van der Waals surface area contributed by atoms with Gasteiger partial charge in [-0.05, 0) is 49.5 Å². The van der Waals surface area contributed by atoms with Gasteiger partial charge >= 0.3 is 0 Å². The third-order valence-corrected chi connectivity index (χ3v) is 5.00. The van der Waals surface area contributed by atoms with Gasteiger partial charge in [-0.1, -0.05) is 6.07 Å². The van der Waals surface area contributed by atoms with Gasteiger partial charge in [-0.25, -0.2) is 0 Å². The minimum absolute atomic E-state index is 0.171. The van der Waals surface area contributed by atoms with E-state index in [0.717, 1.165) is 24.7 Å². The molecular formula is C13H17NOS. The zero-order chi connectivity index (χ0) is 11.1. The molecule has 2 fully saturated rings. The summed E-state index contributed by atoms with van der Waals surface area (Å²) in [5.41, 5.74) is 0. The normalized spacial score (nSPS) is 33.2. The first kappa shape index (κ1) is 10.3. The molecule has 3 atom stereocenters. The maximum absolute atomic E-state index is 12.0. The minimum atomic E-state index is 0.171. The quantitative estimate of drug-likeness (QED) is 0.857. The molecule has 3 rings (SSSR count). The van der Waals surface area contributed by atoms with Crippen LogP contribution in [0, 0.1) is 17.8 Å². The highest BCUT2D eigenvalue weighted by Gasteiger charge is 2.48. The summed E-state index contributed by atoms with van der Waals surface area (Å²) >= 11 is 1.71. The van der Waals surface area contributed by atoms with Crippen molar-refractivity contribution in [3.8, 4) is 0 Å². The number of fused-ring (bicyclic) bond motifs is 1. The molecule has 0 radical (unpaired) electrons. The Hall–Kier alpha value is -0.830. The molecule has 1 heterocycles. The Bertz CT molecular complexity index is 377. The Kier molecular flexibility index (Phi) is 2.51. The van der Waals surface area contributed by atoms with E-state index in [9.17, 15) is 4.79 Å². The third kappa shape index (κ3) is 1.88. The van der Waals surface area contributed by atoms with E-state index in [1.165, 1.54) is 11.3 Å². The molecule has 1 aromatic heterocycles. The molecule has 2 saturated carbocycles. The molecule has 2 aliphatic carbocycles. The second kappa shape index (κ2) is 3.88. The van der Waals surface area contributed by atoms with Crippen LogP contribution in [0.5, 0.6) is 0 Å². The van der Waals surface area contributed by atoms with E-state index in [1.54, 1.807) is 11.3 Å². The average Bonchev–Trinajstić information content (AvgIpc) is 2.77. The highest BCUT2D eigenvalue weighted by molar-refractivity contribution is 7.10. The van der Waals surface area contributed by atoms with E-state index in [1.807, 2.05) is 6.07 Å². The summed E-state index contributed by atoms with van der Waals surface area (Å²) < 4.78 is 0. The van der Waals surface area contributed by atoms with Gasteiger partial charge in [0.05, 0.1) is 6.04 Å². The van der Waals surface area contributed by atoms with Gasteiger partial charge < -0.3 is 5.32 Å². The van der Waals surface area contributed by atoms with Crippen LogP contribution in [-0.4, -0.2) is 5.91 Å². The average molecular weight is 235 g/mol. The van der Waals surface area contributed by atoms with E-state index >= 15 is 0 Å². The molecule has 3 heteroatoms. The second-order valence-corrected chi connectivity index (χ2v) is 6.15. The number of carbonyl (C=O) groups is 1. The van der Waals surface area contributed by atoms with Crippen LogP contribution in [0.3, 0.4) is 0 Å². The second-order valence-electron chi connectivity index (χ2n) is 5.17. The molecule has 0 aromatic carbocycles. The minimum Gasteiger partial charge on any atom is -0.349 e. The van der Waals surface area contributed by atoms with Gasteiger partial charge in [-0.3, -0.25) is 4.79 Å². The number of thiophene rings is 1. The van der Waals surface area contributed by atoms with Gasteiger partial charge in [0.2, 0.25) is 5.91 Å². The molecule has 2 nitrogen and oxygen atoms in total. The van der Waals surface area contributed by atoms with E-state index in [0.29, 0.717) is 5.92 Å². The van der Waals surface area contributed by atoms with E-state index < -0.39 is 0 Å². The number of hydrogen-bond donors (Lipinski definition) is 1. The fourth-order valence-corrected chi connectivity index (χ4v) is 3.60. The molecule has 86 valence electrons. The zero-order valence-corrected chi connectivity index (χ0v) is 10.3. The standard InChI is InChI=1S/C13H17NOS/c1-8(12-3-2-4-16-12)14-13(15)11-6-9-5-10(9)7-11/h2-4,8-11H,5-7H2,1H3,(H,14,15)/t8-,9?,10?,11?/m1/s1. The fourth-order valence-electron chi connectivity index (χ4n) is 2.87. The van der Waals surface area contributed by atoms with Crippen LogP contribution in [-0.2, 0) is 4.79 Å². The van der Waals surface area contributed by atoms with Gasteiger partial charge in [0.25, 0.3) is 0 Å². The van der Waals surface area contributed by atoms with Crippen molar-refractivity contribution in [3.05, 3.63) is 22.4 Å². The van der Waals surface area contributed by atoms with Crippen molar-refractivity contribution >= 4 is 17.2 Å². The van der Waals surface area contributed by atoms with Crippen LogP contribution in [0.15, 0.2) is 17.5 Å². The van der Waals surface area contributed by atoms with Crippen molar-refractivity contribution in [3.63, 3.8) is 0 Å². The maximum Gasteiger partial charge on any atom is 0.223 e. The Morgan fingerprint density at radius 1 is 1.44 bits per heavy atom. The highest BCUT2D eigenvalue weighted by atomic mass is 32.1. The number of rotatable bonds is 3. The monoisotopic (exact) mass is 235 g/mol. The largest absolute Gasteiger partial charge is 0.349 e. The summed E-state index contributed by atoms with van der Waals surface area (Å²) in [7, 11) is 0. The molecule has 16 heavy (non-hydrogen) atoms. The molecule has 0 spiro atoms. The van der Waals surface area contributed by atoms with Crippen LogP contribution in [0.2, 0.25) is 0 Å². The predicted octanol–water partition coefficient (Wildman–Crippen LogP) is 2.97. The molecule has 0 bridgehead atoms. The van der Waals surface area contributed by atoms with Gasteiger partial charge in [0.1, 0.15) is 0 Å². The first-order valence-corrected chi connectivity index (χ1v) is 6.96. The van der Waals surface area contributed by atoms with Crippen molar-refractivity contribution in [1.29, 1.82) is 0 Å². The maximum atomic E-state index is 12.0. The summed E-state index contributed by atoms with van der Waals surface area (Å²) in [6.07, 6.45) is 3.64. The van der Waals surface area contributed by atoms with Gasteiger partial charge in [0, 0.05) is 10.8 Å². The van der Waals surface area contributed by atoms with Crippen LogP contribution >= 0.6 is 11.3 Å². The summed E-state index contributed by atoms with van der Waals surface area (Å²) in [5.74, 6) is 2.33. The van der Waals surface area contributed by atoms with Crippen LogP contribution in [0.25, 0.3) is 0 Å². The lowest BCUT2D eigenvalue weighted by atomic mass is 10.0.